The molecule has 0 atom stereocenters. The monoisotopic (exact) mass is 316 g/mol. The van der Waals surface area contributed by atoms with Crippen LogP contribution in [0.5, 0.6) is 0 Å². The summed E-state index contributed by atoms with van der Waals surface area (Å²) in [6.45, 7) is 3.60. The lowest BCUT2D eigenvalue weighted by atomic mass is 10.2. The van der Waals surface area contributed by atoms with Gasteiger partial charge >= 0.3 is 0 Å². The van der Waals surface area contributed by atoms with E-state index < -0.39 is 0 Å². The van der Waals surface area contributed by atoms with Crippen LogP contribution >= 0.6 is 22.9 Å². The molecule has 20 heavy (non-hydrogen) atoms. The van der Waals surface area contributed by atoms with Crippen molar-refractivity contribution in [3.8, 4) is 0 Å². The van der Waals surface area contributed by atoms with Crippen molar-refractivity contribution in [2.45, 2.75) is 32.7 Å². The third kappa shape index (κ3) is 6.16. The average molecular weight is 317 g/mol. The number of amides is 2. The highest BCUT2D eigenvalue weighted by atomic mass is 35.5. The predicted molar refractivity (Wildman–Crippen MR) is 79.2 cm³/mol. The number of thiophene rings is 1. The molecule has 1 aromatic heterocycles. The van der Waals surface area contributed by atoms with Crippen LogP contribution in [0.4, 0.5) is 0 Å². The van der Waals surface area contributed by atoms with Crippen LogP contribution in [0.3, 0.4) is 0 Å². The molecular formula is C13H17ClN2O3S. The number of carbonyl (C=O) groups excluding carboxylic acids is 3. The maximum atomic E-state index is 11.7. The molecule has 1 aromatic rings. The summed E-state index contributed by atoms with van der Waals surface area (Å²) < 4.78 is 0.545. The fraction of sp³-hybridized carbons (Fsp3) is 0.462. The SMILES string of the molecule is CC(C)NC(=O)CNC(=O)CCC(=O)c1ccc(Cl)s1. The molecule has 0 unspecified atom stereocenters. The topological polar surface area (TPSA) is 75.3 Å². The maximum absolute atomic E-state index is 11.7. The van der Waals surface area contributed by atoms with E-state index in [1.807, 2.05) is 13.8 Å². The Hall–Kier alpha value is -1.40. The van der Waals surface area contributed by atoms with Gasteiger partial charge in [-0.05, 0) is 26.0 Å². The van der Waals surface area contributed by atoms with Crippen LogP contribution in [0.25, 0.3) is 0 Å². The third-order valence-electron chi connectivity index (χ3n) is 2.32. The van der Waals surface area contributed by atoms with Gasteiger partial charge in [0.05, 0.1) is 15.8 Å². The van der Waals surface area contributed by atoms with Crippen LogP contribution in [0.2, 0.25) is 4.34 Å². The summed E-state index contributed by atoms with van der Waals surface area (Å²) in [6.07, 6.45) is 0.164. The van der Waals surface area contributed by atoms with Crippen molar-refractivity contribution in [2.75, 3.05) is 6.54 Å². The molecule has 0 aromatic carbocycles. The highest BCUT2D eigenvalue weighted by molar-refractivity contribution is 7.18. The molecule has 0 spiro atoms. The number of carbonyl (C=O) groups is 3. The van der Waals surface area contributed by atoms with E-state index in [0.29, 0.717) is 9.21 Å². The van der Waals surface area contributed by atoms with E-state index in [0.717, 1.165) is 0 Å². The first-order valence-electron chi connectivity index (χ1n) is 6.23. The standard InChI is InChI=1S/C13H17ClN2O3S/c1-8(2)16-13(19)7-15-12(18)6-3-9(17)10-4-5-11(14)20-10/h4-5,8H,3,6-7H2,1-2H3,(H,15,18)(H,16,19). The lowest BCUT2D eigenvalue weighted by molar-refractivity contribution is -0.126. The van der Waals surface area contributed by atoms with Gasteiger partial charge in [0.15, 0.2) is 5.78 Å². The Morgan fingerprint density at radius 1 is 1.20 bits per heavy atom. The zero-order valence-corrected chi connectivity index (χ0v) is 12.9. The van der Waals surface area contributed by atoms with Crippen molar-refractivity contribution < 1.29 is 14.4 Å². The molecule has 2 N–H and O–H groups in total. The number of halogens is 1. The summed E-state index contributed by atoms with van der Waals surface area (Å²) in [5.74, 6) is -0.687. The molecule has 1 rings (SSSR count). The molecule has 7 heteroatoms. The number of nitrogens with one attached hydrogen (secondary N) is 2. The normalized spacial score (nSPS) is 10.4. The largest absolute Gasteiger partial charge is 0.352 e. The van der Waals surface area contributed by atoms with Gasteiger partial charge in [0.1, 0.15) is 0 Å². The Labute approximate surface area is 126 Å². The average Bonchev–Trinajstić information content (AvgIpc) is 2.79. The number of rotatable bonds is 7. The molecular weight excluding hydrogens is 300 g/mol. The Morgan fingerprint density at radius 2 is 1.90 bits per heavy atom. The quantitative estimate of drug-likeness (QED) is 0.756. The molecule has 0 aliphatic carbocycles. The number of Topliss-reactive ketones (excluding diaryl/α,β-unsaturated/α-hetero) is 1. The van der Waals surface area contributed by atoms with Gasteiger partial charge in [-0.3, -0.25) is 14.4 Å². The van der Waals surface area contributed by atoms with Gasteiger partial charge < -0.3 is 10.6 Å². The lowest BCUT2D eigenvalue weighted by Crippen LogP contribution is -2.39. The van der Waals surface area contributed by atoms with Crippen LogP contribution in [0, 0.1) is 0 Å². The van der Waals surface area contributed by atoms with Crippen molar-refractivity contribution >= 4 is 40.5 Å². The minimum absolute atomic E-state index is 0.0320. The summed E-state index contributed by atoms with van der Waals surface area (Å²) in [5.41, 5.74) is 0. The van der Waals surface area contributed by atoms with E-state index in [1.165, 1.54) is 11.3 Å². The number of ketones is 1. The molecule has 2 amide bonds. The summed E-state index contributed by atoms with van der Waals surface area (Å²) in [4.78, 5) is 35.1. The maximum Gasteiger partial charge on any atom is 0.239 e. The fourth-order valence-corrected chi connectivity index (χ4v) is 2.47. The first kappa shape index (κ1) is 16.7. The van der Waals surface area contributed by atoms with Crippen LogP contribution in [0.15, 0.2) is 12.1 Å². The predicted octanol–water partition coefficient (Wildman–Crippen LogP) is 2.01. The van der Waals surface area contributed by atoms with Crippen molar-refractivity contribution in [1.82, 2.24) is 10.6 Å². The molecule has 5 nitrogen and oxygen atoms in total. The third-order valence-corrected chi connectivity index (χ3v) is 3.60. The second-order valence-corrected chi connectivity index (χ2v) is 6.24. The Bertz CT molecular complexity index is 500. The number of hydrogen-bond acceptors (Lipinski definition) is 4. The van der Waals surface area contributed by atoms with E-state index in [2.05, 4.69) is 10.6 Å². The van der Waals surface area contributed by atoms with Crippen molar-refractivity contribution in [3.05, 3.63) is 21.3 Å². The summed E-state index contributed by atoms with van der Waals surface area (Å²) in [7, 11) is 0. The highest BCUT2D eigenvalue weighted by Crippen LogP contribution is 2.22. The van der Waals surface area contributed by atoms with E-state index in [9.17, 15) is 14.4 Å². The second-order valence-electron chi connectivity index (χ2n) is 4.53. The first-order chi connectivity index (χ1) is 9.38. The van der Waals surface area contributed by atoms with Crippen LogP contribution < -0.4 is 10.6 Å². The molecule has 0 saturated carbocycles. The summed E-state index contributed by atoms with van der Waals surface area (Å²) in [6, 6.07) is 3.32. The molecule has 0 aliphatic heterocycles. The molecule has 1 heterocycles. The van der Waals surface area contributed by atoms with Crippen molar-refractivity contribution in [3.63, 3.8) is 0 Å². The van der Waals surface area contributed by atoms with E-state index in [1.54, 1.807) is 12.1 Å². The molecule has 110 valence electrons. The zero-order chi connectivity index (χ0) is 15.1. The van der Waals surface area contributed by atoms with Crippen LogP contribution in [-0.4, -0.2) is 30.2 Å². The zero-order valence-electron chi connectivity index (χ0n) is 11.4. The summed E-state index contributed by atoms with van der Waals surface area (Å²) >= 11 is 6.93. The van der Waals surface area contributed by atoms with Gasteiger partial charge in [0.25, 0.3) is 0 Å². The lowest BCUT2D eigenvalue weighted by Gasteiger charge is -2.08. The van der Waals surface area contributed by atoms with Gasteiger partial charge in [-0.15, -0.1) is 11.3 Å². The molecule has 0 radical (unpaired) electrons. The minimum atomic E-state index is -0.320. The first-order valence-corrected chi connectivity index (χ1v) is 7.42. The number of hydrogen-bond donors (Lipinski definition) is 2. The molecule has 0 aliphatic rings. The van der Waals surface area contributed by atoms with Crippen LogP contribution in [-0.2, 0) is 9.59 Å². The second kappa shape index (κ2) is 8.01. The van der Waals surface area contributed by atoms with Gasteiger partial charge in [0.2, 0.25) is 11.8 Å². The van der Waals surface area contributed by atoms with E-state index >= 15 is 0 Å². The van der Waals surface area contributed by atoms with Crippen LogP contribution in [0.1, 0.15) is 36.4 Å². The van der Waals surface area contributed by atoms with Crippen molar-refractivity contribution in [1.29, 1.82) is 0 Å². The van der Waals surface area contributed by atoms with Gasteiger partial charge in [0, 0.05) is 18.9 Å². The molecule has 0 bridgehead atoms. The van der Waals surface area contributed by atoms with Crippen molar-refractivity contribution in [2.24, 2.45) is 0 Å². The minimum Gasteiger partial charge on any atom is -0.352 e. The Balaban J connectivity index is 2.26. The Kier molecular flexibility index (Phi) is 6.67. The fourth-order valence-electron chi connectivity index (χ4n) is 1.45. The van der Waals surface area contributed by atoms with E-state index in [-0.39, 0.29) is 43.0 Å². The summed E-state index contributed by atoms with van der Waals surface area (Å²) in [5, 5.41) is 5.13. The molecule has 0 saturated heterocycles. The van der Waals surface area contributed by atoms with E-state index in [4.69, 9.17) is 11.6 Å². The smallest absolute Gasteiger partial charge is 0.239 e. The van der Waals surface area contributed by atoms with Gasteiger partial charge in [-0.2, -0.15) is 0 Å². The van der Waals surface area contributed by atoms with Gasteiger partial charge in [-0.1, -0.05) is 11.6 Å². The molecule has 0 fully saturated rings. The Morgan fingerprint density at radius 3 is 2.45 bits per heavy atom. The highest BCUT2D eigenvalue weighted by Gasteiger charge is 2.12. The van der Waals surface area contributed by atoms with Gasteiger partial charge in [-0.25, -0.2) is 0 Å².